The lowest BCUT2D eigenvalue weighted by molar-refractivity contribution is 0.0189. The fraction of sp³-hybridized carbons (Fsp3) is 0.571. The van der Waals surface area contributed by atoms with Gasteiger partial charge in [-0.05, 0) is 39.7 Å². The summed E-state index contributed by atoms with van der Waals surface area (Å²) in [6.07, 6.45) is 5.33. The molecule has 0 aromatic carbocycles. The van der Waals surface area contributed by atoms with Crippen molar-refractivity contribution < 1.29 is 9.53 Å². The van der Waals surface area contributed by atoms with Gasteiger partial charge in [-0.2, -0.15) is 0 Å². The number of aromatic amines is 1. The molecule has 0 aliphatic carbocycles. The van der Waals surface area contributed by atoms with Crippen LogP contribution in [0.2, 0.25) is 0 Å². The summed E-state index contributed by atoms with van der Waals surface area (Å²) in [7, 11) is 0. The molecule has 1 aliphatic heterocycles. The molecule has 0 unspecified atom stereocenters. The quantitative estimate of drug-likeness (QED) is 0.701. The van der Waals surface area contributed by atoms with E-state index in [0.717, 1.165) is 40.7 Å². The average molecular weight is 383 g/mol. The number of pyridine rings is 1. The van der Waals surface area contributed by atoms with Crippen LogP contribution in [0, 0.1) is 0 Å². The molecule has 1 saturated heterocycles. The SMILES string of the molecule is CC(C)c1nc2cnc3[nH]ccc3c2n1C1CCN(C(=O)OC(C)(C)C)CC1. The summed E-state index contributed by atoms with van der Waals surface area (Å²) in [4.78, 5) is 26.8. The number of nitrogens with one attached hydrogen (secondary N) is 1. The van der Waals surface area contributed by atoms with Gasteiger partial charge >= 0.3 is 6.09 Å². The van der Waals surface area contributed by atoms with Crippen LogP contribution < -0.4 is 0 Å². The molecule has 3 aromatic rings. The van der Waals surface area contributed by atoms with E-state index in [1.165, 1.54) is 0 Å². The number of hydrogen-bond acceptors (Lipinski definition) is 4. The number of H-pyrrole nitrogens is 1. The maximum atomic E-state index is 12.4. The molecule has 4 rings (SSSR count). The van der Waals surface area contributed by atoms with Crippen LogP contribution >= 0.6 is 0 Å². The van der Waals surface area contributed by atoms with Gasteiger partial charge in [0.25, 0.3) is 0 Å². The van der Waals surface area contributed by atoms with E-state index in [2.05, 4.69) is 34.4 Å². The second-order valence-corrected chi connectivity index (χ2v) is 8.93. The number of amides is 1. The smallest absolute Gasteiger partial charge is 0.410 e. The lowest BCUT2D eigenvalue weighted by Crippen LogP contribution is -2.42. The van der Waals surface area contributed by atoms with E-state index in [-0.39, 0.29) is 6.09 Å². The molecule has 1 N–H and O–H groups in total. The van der Waals surface area contributed by atoms with Gasteiger partial charge in [-0.1, -0.05) is 13.8 Å². The van der Waals surface area contributed by atoms with Crippen molar-refractivity contribution in [2.75, 3.05) is 13.1 Å². The molecule has 0 bridgehead atoms. The summed E-state index contributed by atoms with van der Waals surface area (Å²) in [5.74, 6) is 1.39. The van der Waals surface area contributed by atoms with Crippen LogP contribution in [-0.2, 0) is 4.74 Å². The van der Waals surface area contributed by atoms with Gasteiger partial charge in [0, 0.05) is 36.6 Å². The number of rotatable bonds is 2. The van der Waals surface area contributed by atoms with Crippen molar-refractivity contribution in [2.24, 2.45) is 0 Å². The van der Waals surface area contributed by atoms with E-state index >= 15 is 0 Å². The number of imidazole rings is 1. The number of likely N-dealkylation sites (tertiary alicyclic amines) is 1. The third kappa shape index (κ3) is 3.34. The molecule has 1 aliphatic rings. The van der Waals surface area contributed by atoms with Crippen LogP contribution in [0.1, 0.15) is 65.2 Å². The summed E-state index contributed by atoms with van der Waals surface area (Å²) in [6, 6.07) is 2.38. The highest BCUT2D eigenvalue weighted by Crippen LogP contribution is 2.34. The lowest BCUT2D eigenvalue weighted by Gasteiger charge is -2.35. The number of hydrogen-bond donors (Lipinski definition) is 1. The van der Waals surface area contributed by atoms with E-state index in [9.17, 15) is 4.79 Å². The molecular formula is C21H29N5O2. The Labute approximate surface area is 165 Å². The summed E-state index contributed by atoms with van der Waals surface area (Å²) < 4.78 is 7.93. The highest BCUT2D eigenvalue weighted by Gasteiger charge is 2.30. The van der Waals surface area contributed by atoms with Gasteiger partial charge in [0.2, 0.25) is 0 Å². The maximum absolute atomic E-state index is 12.4. The summed E-state index contributed by atoms with van der Waals surface area (Å²) in [6.45, 7) is 11.4. The van der Waals surface area contributed by atoms with Gasteiger partial charge in [-0.25, -0.2) is 14.8 Å². The molecule has 1 amide bonds. The predicted molar refractivity (Wildman–Crippen MR) is 110 cm³/mol. The van der Waals surface area contributed by atoms with Gasteiger partial charge in [-0.3, -0.25) is 0 Å². The van der Waals surface area contributed by atoms with E-state index < -0.39 is 5.60 Å². The fourth-order valence-electron chi connectivity index (χ4n) is 4.02. The van der Waals surface area contributed by atoms with Gasteiger partial charge in [0.1, 0.15) is 22.6 Å². The summed E-state index contributed by atoms with van der Waals surface area (Å²) in [5.41, 5.74) is 2.50. The molecule has 0 saturated carbocycles. The zero-order valence-corrected chi connectivity index (χ0v) is 17.3. The minimum atomic E-state index is -0.466. The molecule has 3 aromatic heterocycles. The third-order valence-corrected chi connectivity index (χ3v) is 5.26. The van der Waals surface area contributed by atoms with Gasteiger partial charge in [0.05, 0.1) is 11.7 Å². The van der Waals surface area contributed by atoms with Gasteiger partial charge < -0.3 is 19.2 Å². The van der Waals surface area contributed by atoms with E-state index in [1.54, 1.807) is 0 Å². The monoisotopic (exact) mass is 383 g/mol. The Morgan fingerprint density at radius 3 is 2.64 bits per heavy atom. The second kappa shape index (κ2) is 6.79. The molecule has 0 atom stereocenters. The van der Waals surface area contributed by atoms with Crippen molar-refractivity contribution in [3.05, 3.63) is 24.3 Å². The molecule has 0 radical (unpaired) electrons. The maximum Gasteiger partial charge on any atom is 0.410 e. The number of carbonyl (C=O) groups excluding carboxylic acids is 1. The number of aromatic nitrogens is 4. The summed E-state index contributed by atoms with van der Waals surface area (Å²) in [5, 5.41) is 1.10. The standard InChI is InChI=1S/C21H29N5O2/c1-13(2)19-24-16-12-23-18-15(6-9-22-18)17(16)26(19)14-7-10-25(11-8-14)20(27)28-21(3,4)5/h6,9,12-14H,7-8,10-11H2,1-5H3,(H,22,23). The normalized spacial score (nSPS) is 16.4. The lowest BCUT2D eigenvalue weighted by atomic mass is 10.0. The first-order valence-corrected chi connectivity index (χ1v) is 10.1. The second-order valence-electron chi connectivity index (χ2n) is 8.93. The Balaban J connectivity index is 1.65. The van der Waals surface area contributed by atoms with Crippen LogP contribution in [0.3, 0.4) is 0 Å². The van der Waals surface area contributed by atoms with Crippen molar-refractivity contribution in [2.45, 2.75) is 65.0 Å². The van der Waals surface area contributed by atoms with Crippen molar-refractivity contribution in [3.63, 3.8) is 0 Å². The molecule has 4 heterocycles. The van der Waals surface area contributed by atoms with Gasteiger partial charge in [0.15, 0.2) is 0 Å². The van der Waals surface area contributed by atoms with E-state index in [4.69, 9.17) is 9.72 Å². The van der Waals surface area contributed by atoms with Crippen molar-refractivity contribution in [3.8, 4) is 0 Å². The van der Waals surface area contributed by atoms with E-state index in [0.29, 0.717) is 25.0 Å². The van der Waals surface area contributed by atoms with Crippen LogP contribution in [0.15, 0.2) is 18.5 Å². The Kier molecular flexibility index (Phi) is 4.56. The molecule has 0 spiro atoms. The van der Waals surface area contributed by atoms with Crippen molar-refractivity contribution >= 4 is 28.2 Å². The molecule has 28 heavy (non-hydrogen) atoms. The Bertz CT molecular complexity index is 1000. The number of fused-ring (bicyclic) bond motifs is 3. The Morgan fingerprint density at radius 2 is 2.00 bits per heavy atom. The number of nitrogens with zero attached hydrogens (tertiary/aromatic N) is 4. The highest BCUT2D eigenvalue weighted by atomic mass is 16.6. The van der Waals surface area contributed by atoms with Crippen LogP contribution in [0.25, 0.3) is 22.1 Å². The predicted octanol–water partition coefficient (Wildman–Crippen LogP) is 4.61. The minimum absolute atomic E-state index is 0.220. The van der Waals surface area contributed by atoms with Crippen LogP contribution in [0.4, 0.5) is 4.79 Å². The number of ether oxygens (including phenoxy) is 1. The topological polar surface area (TPSA) is 76.0 Å². The van der Waals surface area contributed by atoms with E-state index in [1.807, 2.05) is 38.1 Å². The molecule has 1 fully saturated rings. The summed E-state index contributed by atoms with van der Waals surface area (Å²) >= 11 is 0. The molecular weight excluding hydrogens is 354 g/mol. The molecule has 7 heteroatoms. The van der Waals surface area contributed by atoms with Crippen molar-refractivity contribution in [1.82, 2.24) is 24.4 Å². The van der Waals surface area contributed by atoms with Crippen LogP contribution in [-0.4, -0.2) is 49.2 Å². The minimum Gasteiger partial charge on any atom is -0.444 e. The number of carbonyl (C=O) groups is 1. The molecule has 7 nitrogen and oxygen atoms in total. The zero-order chi connectivity index (χ0) is 20.1. The Morgan fingerprint density at radius 1 is 1.29 bits per heavy atom. The average Bonchev–Trinajstić information content (AvgIpc) is 3.24. The van der Waals surface area contributed by atoms with Crippen LogP contribution in [0.5, 0.6) is 0 Å². The molecule has 150 valence electrons. The van der Waals surface area contributed by atoms with Gasteiger partial charge in [-0.15, -0.1) is 0 Å². The highest BCUT2D eigenvalue weighted by molar-refractivity contribution is 6.01. The third-order valence-electron chi connectivity index (χ3n) is 5.26. The zero-order valence-electron chi connectivity index (χ0n) is 17.3. The number of piperidine rings is 1. The first-order chi connectivity index (χ1) is 13.2. The van der Waals surface area contributed by atoms with Crippen molar-refractivity contribution in [1.29, 1.82) is 0 Å². The first kappa shape index (κ1) is 18.8. The first-order valence-electron chi connectivity index (χ1n) is 10.1. The Hall–Kier alpha value is -2.57. The fourth-order valence-corrected chi connectivity index (χ4v) is 4.02. The largest absolute Gasteiger partial charge is 0.444 e.